The van der Waals surface area contributed by atoms with Gasteiger partial charge < -0.3 is 0 Å². The zero-order valence-corrected chi connectivity index (χ0v) is 10.9. The Morgan fingerprint density at radius 3 is 1.75 bits per heavy atom. The van der Waals surface area contributed by atoms with Crippen molar-refractivity contribution in [1.82, 2.24) is 0 Å². The van der Waals surface area contributed by atoms with E-state index >= 15 is 0 Å². The Hall–Kier alpha value is -2.74. The van der Waals surface area contributed by atoms with Gasteiger partial charge in [-0.1, -0.05) is 54.6 Å². The van der Waals surface area contributed by atoms with E-state index in [1.165, 1.54) is 5.56 Å². The molecular weight excluding hydrogens is 244 g/mol. The molecule has 3 aromatic carbocycles. The lowest BCUT2D eigenvalue weighted by molar-refractivity contribution is 1.23. The molecule has 3 aromatic rings. The average molecular weight is 257 g/mol. The van der Waals surface area contributed by atoms with E-state index in [0.29, 0.717) is 0 Å². The van der Waals surface area contributed by atoms with E-state index in [-0.39, 0.29) is 0 Å². The summed E-state index contributed by atoms with van der Waals surface area (Å²) in [6.45, 7) is 0. The minimum absolute atomic E-state index is 0.847. The van der Waals surface area contributed by atoms with Crippen LogP contribution in [0.2, 0.25) is 0 Å². The van der Waals surface area contributed by atoms with Gasteiger partial charge in [0, 0.05) is 0 Å². The first-order chi connectivity index (χ1) is 9.92. The van der Waals surface area contributed by atoms with Crippen molar-refractivity contribution in [2.45, 2.75) is 0 Å². The lowest BCUT2D eigenvalue weighted by Gasteiger charge is -2.01. The third-order valence-electron chi connectivity index (χ3n) is 2.96. The molecule has 0 spiro atoms. The lowest BCUT2D eigenvalue weighted by atomic mass is 10.1. The molecule has 0 aliphatic rings. The van der Waals surface area contributed by atoms with E-state index in [9.17, 15) is 0 Å². The first-order valence-corrected chi connectivity index (χ1v) is 6.45. The second-order valence-corrected chi connectivity index (χ2v) is 4.37. The van der Waals surface area contributed by atoms with Crippen LogP contribution in [0, 0.1) is 6.07 Å². The summed E-state index contributed by atoms with van der Waals surface area (Å²) >= 11 is 0. The number of hydrogen-bond acceptors (Lipinski definition) is 2. The van der Waals surface area contributed by atoms with E-state index in [1.54, 1.807) is 0 Å². The van der Waals surface area contributed by atoms with Gasteiger partial charge in [0.05, 0.1) is 11.4 Å². The number of benzene rings is 3. The van der Waals surface area contributed by atoms with Gasteiger partial charge in [-0.25, -0.2) is 0 Å². The number of azo groups is 1. The third kappa shape index (κ3) is 2.98. The Morgan fingerprint density at radius 2 is 1.10 bits per heavy atom. The summed E-state index contributed by atoms with van der Waals surface area (Å²) in [5.41, 5.74) is 4.04. The predicted molar refractivity (Wildman–Crippen MR) is 81.3 cm³/mol. The summed E-state index contributed by atoms with van der Waals surface area (Å²) < 4.78 is 0. The smallest absolute Gasteiger partial charge is 0.0857 e. The molecule has 2 nitrogen and oxygen atoms in total. The lowest BCUT2D eigenvalue weighted by Crippen LogP contribution is -1.75. The maximum Gasteiger partial charge on any atom is 0.0857 e. The molecule has 0 bridgehead atoms. The van der Waals surface area contributed by atoms with E-state index in [0.717, 1.165) is 16.9 Å². The minimum Gasteiger partial charge on any atom is -0.151 e. The summed E-state index contributed by atoms with van der Waals surface area (Å²) in [5, 5.41) is 8.43. The Balaban J connectivity index is 1.79. The van der Waals surface area contributed by atoms with Gasteiger partial charge in [0.15, 0.2) is 0 Å². The van der Waals surface area contributed by atoms with Crippen LogP contribution >= 0.6 is 0 Å². The van der Waals surface area contributed by atoms with Crippen molar-refractivity contribution in [3.63, 3.8) is 0 Å². The first kappa shape index (κ1) is 12.3. The molecule has 0 saturated heterocycles. The van der Waals surface area contributed by atoms with Crippen molar-refractivity contribution in [2.24, 2.45) is 10.2 Å². The quantitative estimate of drug-likeness (QED) is 0.548. The monoisotopic (exact) mass is 257 g/mol. The van der Waals surface area contributed by atoms with Crippen molar-refractivity contribution < 1.29 is 0 Å². The molecule has 0 aliphatic carbocycles. The van der Waals surface area contributed by atoms with Crippen molar-refractivity contribution in [3.8, 4) is 11.1 Å². The van der Waals surface area contributed by atoms with Crippen molar-refractivity contribution in [1.29, 1.82) is 0 Å². The van der Waals surface area contributed by atoms with Crippen LogP contribution in [0.1, 0.15) is 0 Å². The molecule has 0 heterocycles. The molecule has 0 unspecified atom stereocenters. The Morgan fingerprint density at radius 1 is 0.550 bits per heavy atom. The van der Waals surface area contributed by atoms with Gasteiger partial charge >= 0.3 is 0 Å². The molecule has 3 rings (SSSR count). The molecule has 95 valence electrons. The number of hydrogen-bond donors (Lipinski definition) is 0. The Bertz CT molecular complexity index is 687. The van der Waals surface area contributed by atoms with Gasteiger partial charge in [-0.2, -0.15) is 10.2 Å². The summed E-state index contributed by atoms with van der Waals surface area (Å²) in [6.07, 6.45) is 0. The zero-order chi connectivity index (χ0) is 13.6. The standard InChI is InChI=1S/C18H13N2/c1-3-7-15(8-4-1)16-11-13-18(14-12-16)20-19-17-9-5-2-6-10-17/h2-14H. The Kier molecular flexibility index (Phi) is 3.65. The molecule has 2 heteroatoms. The van der Waals surface area contributed by atoms with Crippen LogP contribution in [0.25, 0.3) is 11.1 Å². The summed E-state index contributed by atoms with van der Waals surface area (Å²) in [4.78, 5) is 0. The van der Waals surface area contributed by atoms with Gasteiger partial charge in [-0.15, -0.1) is 0 Å². The van der Waals surface area contributed by atoms with Crippen LogP contribution < -0.4 is 0 Å². The second-order valence-electron chi connectivity index (χ2n) is 4.37. The fraction of sp³-hybridized carbons (Fsp3) is 0. The maximum atomic E-state index is 4.23. The molecular formula is C18H13N2. The molecule has 0 aromatic heterocycles. The second kappa shape index (κ2) is 5.93. The highest BCUT2D eigenvalue weighted by atomic mass is 15.1. The molecule has 0 amide bonds. The molecule has 1 radical (unpaired) electrons. The molecule has 0 aliphatic heterocycles. The minimum atomic E-state index is 0.847. The first-order valence-electron chi connectivity index (χ1n) is 6.45. The van der Waals surface area contributed by atoms with Crippen LogP contribution in [0.3, 0.4) is 0 Å². The highest BCUT2D eigenvalue weighted by Gasteiger charge is 1.96. The summed E-state index contributed by atoms with van der Waals surface area (Å²) in [5.74, 6) is 0. The highest BCUT2D eigenvalue weighted by molar-refractivity contribution is 5.65. The topological polar surface area (TPSA) is 24.7 Å². The third-order valence-corrected chi connectivity index (χ3v) is 2.96. The molecule has 0 N–H and O–H groups in total. The van der Waals surface area contributed by atoms with E-state index in [1.807, 2.05) is 66.7 Å². The van der Waals surface area contributed by atoms with Gasteiger partial charge in [0.1, 0.15) is 0 Å². The normalized spacial score (nSPS) is 10.8. The number of rotatable bonds is 3. The highest BCUT2D eigenvalue weighted by Crippen LogP contribution is 2.23. The van der Waals surface area contributed by atoms with Crippen molar-refractivity contribution in [3.05, 3.63) is 84.9 Å². The molecule has 20 heavy (non-hydrogen) atoms. The van der Waals surface area contributed by atoms with Crippen LogP contribution in [-0.4, -0.2) is 0 Å². The fourth-order valence-electron chi connectivity index (χ4n) is 1.91. The van der Waals surface area contributed by atoms with Gasteiger partial charge in [0.2, 0.25) is 0 Å². The van der Waals surface area contributed by atoms with E-state index in [2.05, 4.69) is 28.4 Å². The van der Waals surface area contributed by atoms with Crippen LogP contribution in [0.15, 0.2) is 89.1 Å². The van der Waals surface area contributed by atoms with Crippen LogP contribution in [0.5, 0.6) is 0 Å². The predicted octanol–water partition coefficient (Wildman–Crippen LogP) is 5.57. The average Bonchev–Trinajstić information content (AvgIpc) is 2.55. The molecule has 0 fully saturated rings. The van der Waals surface area contributed by atoms with Crippen molar-refractivity contribution >= 4 is 11.4 Å². The van der Waals surface area contributed by atoms with Gasteiger partial charge in [-0.3, -0.25) is 0 Å². The zero-order valence-electron chi connectivity index (χ0n) is 10.9. The summed E-state index contributed by atoms with van der Waals surface area (Å²) in [7, 11) is 0. The largest absolute Gasteiger partial charge is 0.151 e. The van der Waals surface area contributed by atoms with Gasteiger partial charge in [-0.05, 0) is 41.5 Å². The fourth-order valence-corrected chi connectivity index (χ4v) is 1.91. The van der Waals surface area contributed by atoms with Crippen molar-refractivity contribution in [2.75, 3.05) is 0 Å². The molecule has 0 saturated carbocycles. The van der Waals surface area contributed by atoms with E-state index < -0.39 is 0 Å². The summed E-state index contributed by atoms with van der Waals surface area (Å²) in [6, 6.07) is 28.7. The SMILES string of the molecule is [c]1ccc(-c2ccc(N=Nc3ccccc3)cc2)cc1. The van der Waals surface area contributed by atoms with Crippen LogP contribution in [-0.2, 0) is 0 Å². The van der Waals surface area contributed by atoms with Gasteiger partial charge in [0.25, 0.3) is 0 Å². The van der Waals surface area contributed by atoms with E-state index in [4.69, 9.17) is 0 Å². The maximum absolute atomic E-state index is 4.23. The Labute approximate surface area is 118 Å². The molecule has 0 atom stereocenters. The number of nitrogens with zero attached hydrogens (tertiary/aromatic N) is 2. The van der Waals surface area contributed by atoms with Crippen LogP contribution in [0.4, 0.5) is 11.4 Å².